The molecule has 3 atom stereocenters. The second-order valence-electron chi connectivity index (χ2n) is 6.41. The average Bonchev–Trinajstić information content (AvgIpc) is 2.74. The zero-order valence-corrected chi connectivity index (χ0v) is 12.7. The van der Waals surface area contributed by atoms with Crippen LogP contribution in [0.4, 0.5) is 0 Å². The number of rotatable bonds is 3. The van der Waals surface area contributed by atoms with E-state index in [9.17, 15) is 4.79 Å². The highest BCUT2D eigenvalue weighted by Gasteiger charge is 2.30. The van der Waals surface area contributed by atoms with E-state index >= 15 is 0 Å². The van der Waals surface area contributed by atoms with Gasteiger partial charge in [-0.15, -0.1) is 0 Å². The summed E-state index contributed by atoms with van der Waals surface area (Å²) in [6, 6.07) is 11.2. The standard InChI is InChI=1S/C18H26N2O/c21-18-17(12-6-7-13-19-18)20-16-11-5-4-10-15(16)14-8-2-1-3-9-14/h1-3,8-9,15-17,20H,4-7,10-13H2,(H,19,21). The van der Waals surface area contributed by atoms with Crippen LogP contribution in [0.2, 0.25) is 0 Å². The summed E-state index contributed by atoms with van der Waals surface area (Å²) in [4.78, 5) is 12.2. The van der Waals surface area contributed by atoms with Gasteiger partial charge in [0.05, 0.1) is 6.04 Å². The van der Waals surface area contributed by atoms with E-state index in [1.165, 1.54) is 31.2 Å². The number of amides is 1. The molecule has 3 unspecified atom stereocenters. The molecular weight excluding hydrogens is 260 g/mol. The number of hydrogen-bond donors (Lipinski definition) is 2. The van der Waals surface area contributed by atoms with E-state index in [4.69, 9.17) is 0 Å². The second kappa shape index (κ2) is 7.08. The number of hydrogen-bond acceptors (Lipinski definition) is 2. The summed E-state index contributed by atoms with van der Waals surface area (Å²) in [5.74, 6) is 0.751. The molecule has 3 heteroatoms. The molecule has 1 aromatic carbocycles. The van der Waals surface area contributed by atoms with E-state index in [0.717, 1.165) is 25.8 Å². The minimum absolute atomic E-state index is 0.00168. The molecule has 3 rings (SSSR count). The fourth-order valence-electron chi connectivity index (χ4n) is 3.79. The Hall–Kier alpha value is -1.35. The molecule has 1 saturated carbocycles. The molecule has 1 saturated heterocycles. The first-order valence-corrected chi connectivity index (χ1v) is 8.43. The Morgan fingerprint density at radius 1 is 0.952 bits per heavy atom. The van der Waals surface area contributed by atoms with Crippen LogP contribution < -0.4 is 10.6 Å². The van der Waals surface area contributed by atoms with Gasteiger partial charge >= 0.3 is 0 Å². The molecule has 114 valence electrons. The van der Waals surface area contributed by atoms with Crippen LogP contribution in [-0.2, 0) is 4.79 Å². The number of carbonyl (C=O) groups is 1. The molecule has 21 heavy (non-hydrogen) atoms. The van der Waals surface area contributed by atoms with E-state index in [1.54, 1.807) is 0 Å². The lowest BCUT2D eigenvalue weighted by Crippen LogP contribution is -2.50. The highest BCUT2D eigenvalue weighted by Crippen LogP contribution is 2.33. The van der Waals surface area contributed by atoms with Crippen LogP contribution in [-0.4, -0.2) is 24.5 Å². The average molecular weight is 286 g/mol. The first-order valence-electron chi connectivity index (χ1n) is 8.43. The molecule has 1 aromatic rings. The van der Waals surface area contributed by atoms with Gasteiger partial charge < -0.3 is 10.6 Å². The molecular formula is C18H26N2O. The van der Waals surface area contributed by atoms with Gasteiger partial charge in [-0.05, 0) is 43.6 Å². The second-order valence-corrected chi connectivity index (χ2v) is 6.41. The maximum absolute atomic E-state index is 12.2. The number of benzene rings is 1. The summed E-state index contributed by atoms with van der Waals surface area (Å²) >= 11 is 0. The predicted octanol–water partition coefficient (Wildman–Crippen LogP) is 2.97. The third kappa shape index (κ3) is 3.65. The SMILES string of the molecule is O=C1NCCCCC1NC1CCCCC1c1ccccc1. The summed E-state index contributed by atoms with van der Waals surface area (Å²) in [5, 5.41) is 6.72. The van der Waals surface area contributed by atoms with Crippen molar-refractivity contribution >= 4 is 5.91 Å². The van der Waals surface area contributed by atoms with Crippen molar-refractivity contribution in [3.05, 3.63) is 35.9 Å². The maximum Gasteiger partial charge on any atom is 0.237 e. The van der Waals surface area contributed by atoms with Crippen LogP contribution >= 0.6 is 0 Å². The van der Waals surface area contributed by atoms with Gasteiger partial charge in [-0.1, -0.05) is 43.2 Å². The van der Waals surface area contributed by atoms with Crippen LogP contribution in [0, 0.1) is 0 Å². The quantitative estimate of drug-likeness (QED) is 0.897. The Morgan fingerprint density at radius 3 is 2.57 bits per heavy atom. The van der Waals surface area contributed by atoms with Gasteiger partial charge in [-0.2, -0.15) is 0 Å². The van der Waals surface area contributed by atoms with Crippen LogP contribution in [0.1, 0.15) is 56.4 Å². The molecule has 1 amide bonds. The van der Waals surface area contributed by atoms with Gasteiger partial charge in [-0.25, -0.2) is 0 Å². The smallest absolute Gasteiger partial charge is 0.237 e. The Labute approximate surface area is 127 Å². The zero-order valence-electron chi connectivity index (χ0n) is 12.7. The van der Waals surface area contributed by atoms with E-state index in [2.05, 4.69) is 41.0 Å². The lowest BCUT2D eigenvalue weighted by molar-refractivity contribution is -0.123. The third-order valence-corrected chi connectivity index (χ3v) is 4.94. The molecule has 0 aromatic heterocycles. The lowest BCUT2D eigenvalue weighted by atomic mass is 9.79. The summed E-state index contributed by atoms with van der Waals surface area (Å²) < 4.78 is 0. The largest absolute Gasteiger partial charge is 0.355 e. The van der Waals surface area contributed by atoms with Crippen molar-refractivity contribution in [3.63, 3.8) is 0 Å². The van der Waals surface area contributed by atoms with Gasteiger partial charge in [0.1, 0.15) is 0 Å². The predicted molar refractivity (Wildman–Crippen MR) is 85.2 cm³/mol. The summed E-state index contributed by atoms with van der Waals surface area (Å²) in [5.41, 5.74) is 1.42. The van der Waals surface area contributed by atoms with E-state index < -0.39 is 0 Å². The highest BCUT2D eigenvalue weighted by atomic mass is 16.2. The molecule has 2 N–H and O–H groups in total. The molecule has 1 heterocycles. The first kappa shape index (κ1) is 14.6. The normalized spacial score (nSPS) is 30.5. The van der Waals surface area contributed by atoms with Gasteiger partial charge in [-0.3, -0.25) is 4.79 Å². The van der Waals surface area contributed by atoms with Crippen LogP contribution in [0.5, 0.6) is 0 Å². The molecule has 3 nitrogen and oxygen atoms in total. The molecule has 1 aliphatic heterocycles. The van der Waals surface area contributed by atoms with Gasteiger partial charge in [0.25, 0.3) is 0 Å². The molecule has 1 aliphatic carbocycles. The molecule has 0 spiro atoms. The van der Waals surface area contributed by atoms with E-state index in [1.807, 2.05) is 0 Å². The van der Waals surface area contributed by atoms with Crippen molar-refractivity contribution in [2.24, 2.45) is 0 Å². The molecule has 0 bridgehead atoms. The molecule has 2 fully saturated rings. The van der Waals surface area contributed by atoms with Crippen LogP contribution in [0.3, 0.4) is 0 Å². The number of carbonyl (C=O) groups excluding carboxylic acids is 1. The monoisotopic (exact) mass is 286 g/mol. The van der Waals surface area contributed by atoms with E-state index in [-0.39, 0.29) is 11.9 Å². The van der Waals surface area contributed by atoms with Gasteiger partial charge in [0.2, 0.25) is 5.91 Å². The third-order valence-electron chi connectivity index (χ3n) is 4.94. The van der Waals surface area contributed by atoms with Crippen molar-refractivity contribution in [2.45, 2.75) is 62.9 Å². The minimum atomic E-state index is 0.00168. The summed E-state index contributed by atoms with van der Waals surface area (Å²) in [6.45, 7) is 0.837. The number of nitrogens with one attached hydrogen (secondary N) is 2. The van der Waals surface area contributed by atoms with E-state index in [0.29, 0.717) is 12.0 Å². The molecule has 2 aliphatic rings. The summed E-state index contributed by atoms with van der Waals surface area (Å²) in [6.07, 6.45) is 8.21. The van der Waals surface area contributed by atoms with Crippen molar-refractivity contribution in [2.75, 3.05) is 6.54 Å². The maximum atomic E-state index is 12.2. The van der Waals surface area contributed by atoms with Crippen molar-refractivity contribution in [3.8, 4) is 0 Å². The van der Waals surface area contributed by atoms with Crippen molar-refractivity contribution < 1.29 is 4.79 Å². The Morgan fingerprint density at radius 2 is 1.71 bits per heavy atom. The fourth-order valence-corrected chi connectivity index (χ4v) is 3.79. The fraction of sp³-hybridized carbons (Fsp3) is 0.611. The first-order chi connectivity index (χ1) is 10.3. The Balaban J connectivity index is 1.70. The molecule has 0 radical (unpaired) electrons. The van der Waals surface area contributed by atoms with Crippen LogP contribution in [0.25, 0.3) is 0 Å². The zero-order chi connectivity index (χ0) is 14.5. The summed E-state index contributed by atoms with van der Waals surface area (Å²) in [7, 11) is 0. The van der Waals surface area contributed by atoms with Crippen molar-refractivity contribution in [1.29, 1.82) is 0 Å². The topological polar surface area (TPSA) is 41.1 Å². The Bertz CT molecular complexity index is 460. The Kier molecular flexibility index (Phi) is 4.91. The van der Waals surface area contributed by atoms with Crippen molar-refractivity contribution in [1.82, 2.24) is 10.6 Å². The van der Waals surface area contributed by atoms with Crippen LogP contribution in [0.15, 0.2) is 30.3 Å². The highest BCUT2D eigenvalue weighted by molar-refractivity contribution is 5.81. The minimum Gasteiger partial charge on any atom is -0.355 e. The van der Waals surface area contributed by atoms with Gasteiger partial charge in [0.15, 0.2) is 0 Å². The lowest BCUT2D eigenvalue weighted by Gasteiger charge is -2.35. The van der Waals surface area contributed by atoms with Gasteiger partial charge in [0, 0.05) is 12.6 Å².